The first-order chi connectivity index (χ1) is 13.2. The van der Waals surface area contributed by atoms with Gasteiger partial charge in [-0.2, -0.15) is 4.98 Å². The van der Waals surface area contributed by atoms with E-state index >= 15 is 0 Å². The Balaban J connectivity index is 1.30. The van der Waals surface area contributed by atoms with Crippen molar-refractivity contribution in [3.05, 3.63) is 42.4 Å². The van der Waals surface area contributed by atoms with Crippen molar-refractivity contribution in [3.63, 3.8) is 0 Å². The van der Waals surface area contributed by atoms with Crippen LogP contribution in [-0.2, 0) is 6.54 Å². The predicted octanol–water partition coefficient (Wildman–Crippen LogP) is 2.30. The molecule has 0 aromatic carbocycles. The molecule has 0 spiro atoms. The Kier molecular flexibility index (Phi) is 3.97. The van der Waals surface area contributed by atoms with Crippen molar-refractivity contribution in [2.45, 2.75) is 31.8 Å². The lowest BCUT2D eigenvalue weighted by atomic mass is 10.1. The molecule has 1 saturated carbocycles. The molecule has 3 aromatic heterocycles. The number of rotatable bonds is 5. The fourth-order valence-electron chi connectivity index (χ4n) is 3.45. The van der Waals surface area contributed by atoms with Crippen molar-refractivity contribution in [3.8, 4) is 0 Å². The Labute approximate surface area is 157 Å². The van der Waals surface area contributed by atoms with Crippen LogP contribution in [0.2, 0.25) is 0 Å². The summed E-state index contributed by atoms with van der Waals surface area (Å²) in [6.45, 7) is 0.630. The van der Waals surface area contributed by atoms with E-state index in [0.29, 0.717) is 24.4 Å². The van der Waals surface area contributed by atoms with Crippen LogP contribution in [0.4, 0.5) is 11.8 Å². The van der Waals surface area contributed by atoms with Crippen molar-refractivity contribution in [1.29, 1.82) is 0 Å². The number of nitrogens with zero attached hydrogens (tertiary/aromatic N) is 5. The average Bonchev–Trinajstić information content (AvgIpc) is 3.24. The highest BCUT2D eigenvalue weighted by Crippen LogP contribution is 2.35. The molecule has 27 heavy (non-hydrogen) atoms. The number of hydrazine groups is 1. The molecule has 0 radical (unpaired) electrons. The Bertz CT molecular complexity index is 990. The van der Waals surface area contributed by atoms with Gasteiger partial charge in [0.25, 0.3) is 0 Å². The maximum atomic E-state index is 4.66. The molecule has 3 N–H and O–H groups in total. The summed E-state index contributed by atoms with van der Waals surface area (Å²) in [7, 11) is 1.97. The van der Waals surface area contributed by atoms with Gasteiger partial charge in [0.1, 0.15) is 5.84 Å². The highest BCUT2D eigenvalue weighted by Gasteiger charge is 2.35. The number of aromatic nitrogens is 4. The van der Waals surface area contributed by atoms with Gasteiger partial charge >= 0.3 is 0 Å². The van der Waals surface area contributed by atoms with E-state index in [9.17, 15) is 0 Å². The van der Waals surface area contributed by atoms with Crippen LogP contribution in [0.3, 0.4) is 0 Å². The van der Waals surface area contributed by atoms with Gasteiger partial charge in [0.05, 0.1) is 23.3 Å². The number of H-pyrrole nitrogens is 1. The monoisotopic (exact) mass is 362 g/mol. The van der Waals surface area contributed by atoms with Crippen molar-refractivity contribution < 1.29 is 0 Å². The minimum absolute atomic E-state index is 0.502. The van der Waals surface area contributed by atoms with Crippen LogP contribution >= 0.6 is 0 Å². The highest BCUT2D eigenvalue weighted by molar-refractivity contribution is 5.86. The first-order valence-electron chi connectivity index (χ1n) is 9.31. The molecule has 1 atom stereocenters. The van der Waals surface area contributed by atoms with E-state index in [2.05, 4.69) is 35.8 Å². The molecular formula is C19H22N8. The first-order valence-corrected chi connectivity index (χ1v) is 9.31. The SMILES string of the molecule is CN(Cc1ccc2[nH]ccc2n1)c1nccc(N=C2CC(C3CC3)NN2)n1. The van der Waals surface area contributed by atoms with Gasteiger partial charge in [-0.1, -0.05) is 0 Å². The fraction of sp³-hybridized carbons (Fsp3) is 0.368. The topological polar surface area (TPSA) is 94.1 Å². The molecule has 2 aliphatic rings. The van der Waals surface area contributed by atoms with Gasteiger partial charge in [0.15, 0.2) is 5.82 Å². The van der Waals surface area contributed by atoms with Gasteiger partial charge in [0.2, 0.25) is 5.95 Å². The zero-order valence-electron chi connectivity index (χ0n) is 15.2. The molecule has 1 aliphatic heterocycles. The molecule has 0 bridgehead atoms. The van der Waals surface area contributed by atoms with Gasteiger partial charge in [0, 0.05) is 38.0 Å². The fourth-order valence-corrected chi connectivity index (χ4v) is 3.45. The van der Waals surface area contributed by atoms with Crippen LogP contribution < -0.4 is 15.8 Å². The third kappa shape index (κ3) is 3.48. The Morgan fingerprint density at radius 1 is 1.19 bits per heavy atom. The average molecular weight is 362 g/mol. The predicted molar refractivity (Wildman–Crippen MR) is 105 cm³/mol. The lowest BCUT2D eigenvalue weighted by molar-refractivity contribution is 0.504. The number of hydrogen-bond acceptors (Lipinski definition) is 6. The molecular weight excluding hydrogens is 340 g/mol. The summed E-state index contributed by atoms with van der Waals surface area (Å²) in [5.74, 6) is 3.04. The number of fused-ring (bicyclic) bond motifs is 1. The van der Waals surface area contributed by atoms with Crippen LogP contribution in [0.1, 0.15) is 25.0 Å². The molecule has 5 rings (SSSR count). The van der Waals surface area contributed by atoms with Crippen LogP contribution in [0.25, 0.3) is 11.0 Å². The molecule has 138 valence electrons. The Morgan fingerprint density at radius 3 is 3.00 bits per heavy atom. The van der Waals surface area contributed by atoms with E-state index in [1.54, 1.807) is 6.20 Å². The van der Waals surface area contributed by atoms with Crippen LogP contribution in [0.15, 0.2) is 41.7 Å². The minimum atomic E-state index is 0.502. The number of amidine groups is 1. The summed E-state index contributed by atoms with van der Waals surface area (Å²) in [5, 5.41) is 0. The molecule has 3 aromatic rings. The van der Waals surface area contributed by atoms with Crippen molar-refractivity contribution >= 4 is 28.6 Å². The van der Waals surface area contributed by atoms with E-state index in [1.807, 2.05) is 42.4 Å². The second-order valence-corrected chi connectivity index (χ2v) is 7.26. The summed E-state index contributed by atoms with van der Waals surface area (Å²) >= 11 is 0. The minimum Gasteiger partial charge on any atom is -0.360 e. The van der Waals surface area contributed by atoms with Gasteiger partial charge in [-0.25, -0.2) is 20.4 Å². The molecule has 1 unspecified atom stereocenters. The third-order valence-corrected chi connectivity index (χ3v) is 5.09. The summed E-state index contributed by atoms with van der Waals surface area (Å²) in [6.07, 6.45) is 7.22. The summed E-state index contributed by atoms with van der Waals surface area (Å²) in [4.78, 5) is 23.4. The largest absolute Gasteiger partial charge is 0.360 e. The second kappa shape index (κ2) is 6.62. The lowest BCUT2D eigenvalue weighted by Gasteiger charge is -2.16. The molecule has 4 heterocycles. The zero-order valence-corrected chi connectivity index (χ0v) is 15.2. The summed E-state index contributed by atoms with van der Waals surface area (Å²) in [5.41, 5.74) is 9.49. The van der Waals surface area contributed by atoms with Crippen LogP contribution in [0, 0.1) is 5.92 Å². The van der Waals surface area contributed by atoms with E-state index < -0.39 is 0 Å². The van der Waals surface area contributed by atoms with Gasteiger partial charge < -0.3 is 15.3 Å². The summed E-state index contributed by atoms with van der Waals surface area (Å²) < 4.78 is 0. The Hall–Kier alpha value is -3.00. The van der Waals surface area contributed by atoms with Crippen molar-refractivity contribution in [2.75, 3.05) is 11.9 Å². The number of pyridine rings is 1. The van der Waals surface area contributed by atoms with Gasteiger partial charge in [-0.3, -0.25) is 0 Å². The normalized spacial score (nSPS) is 20.9. The van der Waals surface area contributed by atoms with E-state index in [-0.39, 0.29) is 0 Å². The number of hydrogen-bond donors (Lipinski definition) is 3. The molecule has 1 saturated heterocycles. The maximum Gasteiger partial charge on any atom is 0.227 e. The van der Waals surface area contributed by atoms with E-state index in [4.69, 9.17) is 0 Å². The van der Waals surface area contributed by atoms with Gasteiger partial charge in [-0.05, 0) is 37.0 Å². The molecule has 8 nitrogen and oxygen atoms in total. The Morgan fingerprint density at radius 2 is 2.11 bits per heavy atom. The maximum absolute atomic E-state index is 4.66. The summed E-state index contributed by atoms with van der Waals surface area (Å²) in [6, 6.07) is 8.38. The van der Waals surface area contributed by atoms with E-state index in [1.165, 1.54) is 12.8 Å². The lowest BCUT2D eigenvalue weighted by Crippen LogP contribution is -2.32. The number of anilines is 1. The quantitative estimate of drug-likeness (QED) is 0.645. The smallest absolute Gasteiger partial charge is 0.227 e. The van der Waals surface area contributed by atoms with Gasteiger partial charge in [-0.15, -0.1) is 0 Å². The highest BCUT2D eigenvalue weighted by atomic mass is 15.4. The number of nitrogens with one attached hydrogen (secondary N) is 3. The molecule has 2 fully saturated rings. The molecule has 8 heteroatoms. The molecule has 0 amide bonds. The standard InChI is InChI=1S/C19H22N8/c1-27(11-13-4-5-14-15(22-13)6-8-20-14)19-21-9-7-17(24-19)23-18-10-16(25-26-18)12-2-3-12/h4-9,12,16,20,25H,2-3,10-11H2,1H3,(H,21,23,24,26). The molecule has 1 aliphatic carbocycles. The van der Waals surface area contributed by atoms with Crippen LogP contribution in [-0.4, -0.2) is 38.9 Å². The third-order valence-electron chi connectivity index (χ3n) is 5.09. The second-order valence-electron chi connectivity index (χ2n) is 7.26. The van der Waals surface area contributed by atoms with Crippen molar-refractivity contribution in [2.24, 2.45) is 10.9 Å². The van der Waals surface area contributed by atoms with E-state index in [0.717, 1.165) is 34.9 Å². The van der Waals surface area contributed by atoms with Crippen molar-refractivity contribution in [1.82, 2.24) is 30.8 Å². The number of aliphatic imine (C=N–C) groups is 1. The number of aromatic amines is 1. The first kappa shape index (κ1) is 16.2. The van der Waals surface area contributed by atoms with Crippen LogP contribution in [0.5, 0.6) is 0 Å². The zero-order chi connectivity index (χ0) is 18.2.